The SMILES string of the molecule is CCCCC(C)CC(C)CC(C)(C)C. The van der Waals surface area contributed by atoms with Gasteiger partial charge in [0, 0.05) is 0 Å². The average Bonchev–Trinajstić information content (AvgIpc) is 1.96. The molecule has 0 aliphatic carbocycles. The van der Waals surface area contributed by atoms with Crippen LogP contribution >= 0.6 is 0 Å². The van der Waals surface area contributed by atoms with E-state index in [1.54, 1.807) is 0 Å². The minimum Gasteiger partial charge on any atom is -0.0654 e. The van der Waals surface area contributed by atoms with Gasteiger partial charge in [0.05, 0.1) is 0 Å². The van der Waals surface area contributed by atoms with Crippen LogP contribution in [0.2, 0.25) is 0 Å². The molecule has 2 atom stereocenters. The number of hydrogen-bond donors (Lipinski definition) is 0. The lowest BCUT2D eigenvalue weighted by Crippen LogP contribution is -2.13. The third-order valence-electron chi connectivity index (χ3n) is 2.82. The third-order valence-corrected chi connectivity index (χ3v) is 2.82. The molecule has 0 aromatic carbocycles. The molecule has 0 aliphatic rings. The topological polar surface area (TPSA) is 0 Å². The molecule has 0 heteroatoms. The zero-order valence-corrected chi connectivity index (χ0v) is 11.2. The average molecular weight is 198 g/mol. The summed E-state index contributed by atoms with van der Waals surface area (Å²) < 4.78 is 0. The fourth-order valence-corrected chi connectivity index (χ4v) is 2.49. The first-order valence-corrected chi connectivity index (χ1v) is 6.35. The molecule has 2 unspecified atom stereocenters. The zero-order chi connectivity index (χ0) is 11.2. The van der Waals surface area contributed by atoms with Crippen molar-refractivity contribution in [3.8, 4) is 0 Å². The van der Waals surface area contributed by atoms with Gasteiger partial charge < -0.3 is 0 Å². The van der Waals surface area contributed by atoms with Gasteiger partial charge in [0.2, 0.25) is 0 Å². The zero-order valence-electron chi connectivity index (χ0n) is 11.2. The molecular formula is C14H30. The molecule has 0 aliphatic heterocycles. The van der Waals surface area contributed by atoms with Gasteiger partial charge >= 0.3 is 0 Å². The van der Waals surface area contributed by atoms with E-state index in [9.17, 15) is 0 Å². The smallest absolute Gasteiger partial charge is 0.0380 e. The second kappa shape index (κ2) is 6.48. The Kier molecular flexibility index (Phi) is 6.48. The Morgan fingerprint density at radius 2 is 1.57 bits per heavy atom. The number of unbranched alkanes of at least 4 members (excludes halogenated alkanes) is 1. The molecular weight excluding hydrogens is 168 g/mol. The van der Waals surface area contributed by atoms with E-state index in [0.29, 0.717) is 5.41 Å². The molecule has 0 saturated carbocycles. The van der Waals surface area contributed by atoms with Gasteiger partial charge in [-0.2, -0.15) is 0 Å². The first-order valence-electron chi connectivity index (χ1n) is 6.35. The van der Waals surface area contributed by atoms with Gasteiger partial charge in [-0.15, -0.1) is 0 Å². The summed E-state index contributed by atoms with van der Waals surface area (Å²) in [6, 6.07) is 0. The summed E-state index contributed by atoms with van der Waals surface area (Å²) in [4.78, 5) is 0. The lowest BCUT2D eigenvalue weighted by Gasteiger charge is -2.25. The van der Waals surface area contributed by atoms with E-state index in [1.807, 2.05) is 0 Å². The van der Waals surface area contributed by atoms with Crippen LogP contribution in [0.15, 0.2) is 0 Å². The summed E-state index contributed by atoms with van der Waals surface area (Å²) in [6.45, 7) is 14.1. The predicted molar refractivity (Wildman–Crippen MR) is 66.5 cm³/mol. The van der Waals surface area contributed by atoms with Crippen molar-refractivity contribution in [2.45, 2.75) is 73.6 Å². The van der Waals surface area contributed by atoms with Crippen molar-refractivity contribution in [1.82, 2.24) is 0 Å². The quantitative estimate of drug-likeness (QED) is 0.545. The van der Waals surface area contributed by atoms with E-state index in [0.717, 1.165) is 11.8 Å². The second-order valence-electron chi connectivity index (χ2n) is 6.35. The van der Waals surface area contributed by atoms with Crippen LogP contribution in [0.1, 0.15) is 73.6 Å². The van der Waals surface area contributed by atoms with E-state index < -0.39 is 0 Å². The highest BCUT2D eigenvalue weighted by molar-refractivity contribution is 4.68. The minimum absolute atomic E-state index is 0.504. The van der Waals surface area contributed by atoms with Gasteiger partial charge in [-0.1, -0.05) is 60.8 Å². The molecule has 0 spiro atoms. The van der Waals surface area contributed by atoms with Crippen LogP contribution in [0, 0.1) is 17.3 Å². The molecule has 0 aromatic heterocycles. The summed E-state index contributed by atoms with van der Waals surface area (Å²) in [5.74, 6) is 1.81. The molecule has 0 nitrogen and oxygen atoms in total. The highest BCUT2D eigenvalue weighted by atomic mass is 14.2. The maximum Gasteiger partial charge on any atom is -0.0380 e. The van der Waals surface area contributed by atoms with Crippen LogP contribution in [-0.4, -0.2) is 0 Å². The van der Waals surface area contributed by atoms with Crippen LogP contribution < -0.4 is 0 Å². The van der Waals surface area contributed by atoms with Crippen molar-refractivity contribution in [2.75, 3.05) is 0 Å². The fourth-order valence-electron chi connectivity index (χ4n) is 2.49. The number of rotatable bonds is 6. The molecule has 0 fully saturated rings. The lowest BCUT2D eigenvalue weighted by atomic mass is 9.81. The Hall–Kier alpha value is 0. The maximum absolute atomic E-state index is 2.41. The van der Waals surface area contributed by atoms with Crippen LogP contribution in [0.25, 0.3) is 0 Å². The predicted octanol–water partition coefficient (Wildman–Crippen LogP) is 5.28. The minimum atomic E-state index is 0.504. The Balaban J connectivity index is 3.65. The highest BCUT2D eigenvalue weighted by Crippen LogP contribution is 2.29. The van der Waals surface area contributed by atoms with Crippen molar-refractivity contribution in [2.24, 2.45) is 17.3 Å². The Morgan fingerprint density at radius 3 is 2.00 bits per heavy atom. The van der Waals surface area contributed by atoms with Crippen molar-refractivity contribution in [1.29, 1.82) is 0 Å². The van der Waals surface area contributed by atoms with Gasteiger partial charge in [0.1, 0.15) is 0 Å². The monoisotopic (exact) mass is 198 g/mol. The summed E-state index contributed by atoms with van der Waals surface area (Å²) in [5.41, 5.74) is 0.504. The Morgan fingerprint density at radius 1 is 1.00 bits per heavy atom. The van der Waals surface area contributed by atoms with E-state index in [4.69, 9.17) is 0 Å². The van der Waals surface area contributed by atoms with E-state index in [-0.39, 0.29) is 0 Å². The summed E-state index contributed by atoms with van der Waals surface area (Å²) in [7, 11) is 0. The largest absolute Gasteiger partial charge is 0.0654 e. The normalized spacial score (nSPS) is 16.7. The van der Waals surface area contributed by atoms with Crippen molar-refractivity contribution < 1.29 is 0 Å². The van der Waals surface area contributed by atoms with Crippen molar-refractivity contribution in [3.05, 3.63) is 0 Å². The van der Waals surface area contributed by atoms with Crippen LogP contribution in [-0.2, 0) is 0 Å². The standard InChI is InChI=1S/C14H30/c1-7-8-9-12(2)10-13(3)11-14(4,5)6/h12-13H,7-11H2,1-6H3. The summed E-state index contributed by atoms with van der Waals surface area (Å²) in [6.07, 6.45) is 6.95. The molecule has 86 valence electrons. The van der Waals surface area contributed by atoms with Gasteiger partial charge in [-0.25, -0.2) is 0 Å². The molecule has 0 heterocycles. The molecule has 0 rings (SSSR count). The first kappa shape index (κ1) is 14.0. The Labute approximate surface area is 91.5 Å². The van der Waals surface area contributed by atoms with Crippen LogP contribution in [0.3, 0.4) is 0 Å². The third kappa shape index (κ3) is 8.59. The second-order valence-corrected chi connectivity index (χ2v) is 6.35. The molecule has 0 radical (unpaired) electrons. The first-order chi connectivity index (χ1) is 6.35. The maximum atomic E-state index is 2.41. The van der Waals surface area contributed by atoms with Gasteiger partial charge in [0.15, 0.2) is 0 Å². The van der Waals surface area contributed by atoms with E-state index >= 15 is 0 Å². The summed E-state index contributed by atoms with van der Waals surface area (Å²) >= 11 is 0. The molecule has 0 N–H and O–H groups in total. The van der Waals surface area contributed by atoms with Crippen molar-refractivity contribution >= 4 is 0 Å². The molecule has 14 heavy (non-hydrogen) atoms. The van der Waals surface area contributed by atoms with Crippen LogP contribution in [0.4, 0.5) is 0 Å². The van der Waals surface area contributed by atoms with Crippen LogP contribution in [0.5, 0.6) is 0 Å². The number of hydrogen-bond acceptors (Lipinski definition) is 0. The van der Waals surface area contributed by atoms with Gasteiger partial charge in [0.25, 0.3) is 0 Å². The van der Waals surface area contributed by atoms with Gasteiger partial charge in [-0.05, 0) is 30.1 Å². The molecule has 0 amide bonds. The lowest BCUT2D eigenvalue weighted by molar-refractivity contribution is 0.267. The molecule has 0 saturated heterocycles. The Bertz CT molecular complexity index is 129. The van der Waals surface area contributed by atoms with Gasteiger partial charge in [-0.3, -0.25) is 0 Å². The summed E-state index contributed by atoms with van der Waals surface area (Å²) in [5, 5.41) is 0. The van der Waals surface area contributed by atoms with Crippen molar-refractivity contribution in [3.63, 3.8) is 0 Å². The van der Waals surface area contributed by atoms with E-state index in [2.05, 4.69) is 41.5 Å². The highest BCUT2D eigenvalue weighted by Gasteiger charge is 2.16. The van der Waals surface area contributed by atoms with E-state index in [1.165, 1.54) is 32.1 Å². The molecule has 0 bridgehead atoms. The molecule has 0 aromatic rings. The fraction of sp³-hybridized carbons (Fsp3) is 1.00.